The number of carbonyl (C=O) groups excluding carboxylic acids is 1. The number of fused-ring (bicyclic) bond motifs is 1. The number of hydrogen-bond acceptors (Lipinski definition) is 3. The number of amides is 1. The molecule has 2 aromatic rings. The summed E-state index contributed by atoms with van der Waals surface area (Å²) in [5.41, 5.74) is 1.70. The van der Waals surface area contributed by atoms with Crippen molar-refractivity contribution in [3.8, 4) is 0 Å². The van der Waals surface area contributed by atoms with Gasteiger partial charge in [0.1, 0.15) is 0 Å². The Morgan fingerprint density at radius 1 is 1.32 bits per heavy atom. The first-order valence-electron chi connectivity index (χ1n) is 7.93. The number of benzene rings is 1. The molecule has 0 radical (unpaired) electrons. The van der Waals surface area contributed by atoms with Gasteiger partial charge in [-0.15, -0.1) is 0 Å². The molecule has 0 saturated carbocycles. The number of aliphatic hydroxyl groups excluding tert-OH is 1. The molecule has 22 heavy (non-hydrogen) atoms. The number of hydrogen-bond donors (Lipinski definition) is 3. The van der Waals surface area contributed by atoms with Gasteiger partial charge in [0.2, 0.25) is 5.91 Å². The van der Waals surface area contributed by atoms with Crippen molar-refractivity contribution in [2.24, 2.45) is 5.41 Å². The predicted molar refractivity (Wildman–Crippen MR) is 87.5 cm³/mol. The molecule has 1 aromatic heterocycles. The SMILES string of the molecule is CCC(CC)(CCO)CNC(=O)Cc1[nH]nc2ccccc12. The van der Waals surface area contributed by atoms with E-state index in [-0.39, 0.29) is 17.9 Å². The number of aliphatic hydroxyl groups is 1. The second-order valence-electron chi connectivity index (χ2n) is 5.85. The number of nitrogens with zero attached hydrogens (tertiary/aromatic N) is 1. The summed E-state index contributed by atoms with van der Waals surface area (Å²) in [7, 11) is 0. The fourth-order valence-electron chi connectivity index (χ4n) is 2.84. The van der Waals surface area contributed by atoms with Crippen LogP contribution in [-0.4, -0.2) is 34.4 Å². The molecule has 5 nitrogen and oxygen atoms in total. The topological polar surface area (TPSA) is 78.0 Å². The van der Waals surface area contributed by atoms with Crippen molar-refractivity contribution in [3.63, 3.8) is 0 Å². The Morgan fingerprint density at radius 3 is 2.73 bits per heavy atom. The molecule has 3 N–H and O–H groups in total. The summed E-state index contributed by atoms with van der Waals surface area (Å²) in [5, 5.41) is 20.4. The molecule has 1 aromatic carbocycles. The zero-order chi connectivity index (χ0) is 16.0. The highest BCUT2D eigenvalue weighted by atomic mass is 16.3. The first-order valence-corrected chi connectivity index (χ1v) is 7.93. The predicted octanol–water partition coefficient (Wildman–Crippen LogP) is 2.41. The molecule has 0 atom stereocenters. The average molecular weight is 303 g/mol. The molecule has 1 amide bonds. The smallest absolute Gasteiger partial charge is 0.226 e. The molecule has 2 rings (SSSR count). The Kier molecular flexibility index (Phi) is 5.55. The number of aromatic nitrogens is 2. The fourth-order valence-corrected chi connectivity index (χ4v) is 2.84. The highest BCUT2D eigenvalue weighted by Crippen LogP contribution is 2.29. The van der Waals surface area contributed by atoms with Gasteiger partial charge in [-0.25, -0.2) is 0 Å². The Labute approximate surface area is 131 Å². The maximum Gasteiger partial charge on any atom is 0.226 e. The molecule has 5 heteroatoms. The average Bonchev–Trinajstić information content (AvgIpc) is 2.95. The van der Waals surface area contributed by atoms with Gasteiger partial charge in [0.15, 0.2) is 0 Å². The van der Waals surface area contributed by atoms with Gasteiger partial charge in [-0.2, -0.15) is 5.10 Å². The van der Waals surface area contributed by atoms with Crippen molar-refractivity contribution in [3.05, 3.63) is 30.0 Å². The standard InChI is InChI=1S/C17H25N3O2/c1-3-17(4-2,9-10-21)12-18-16(22)11-15-13-7-5-6-8-14(13)19-20-15/h5-8,21H,3-4,9-12H2,1-2H3,(H,18,22)(H,19,20). The van der Waals surface area contributed by atoms with Gasteiger partial charge in [0, 0.05) is 18.5 Å². The van der Waals surface area contributed by atoms with E-state index in [9.17, 15) is 9.90 Å². The zero-order valence-electron chi connectivity index (χ0n) is 13.4. The summed E-state index contributed by atoms with van der Waals surface area (Å²) in [4.78, 5) is 12.2. The molecule has 0 fully saturated rings. The lowest BCUT2D eigenvalue weighted by Crippen LogP contribution is -2.38. The number of carbonyl (C=O) groups is 1. The van der Waals surface area contributed by atoms with Crippen LogP contribution < -0.4 is 5.32 Å². The van der Waals surface area contributed by atoms with Gasteiger partial charge in [0.05, 0.1) is 17.6 Å². The Morgan fingerprint density at radius 2 is 2.05 bits per heavy atom. The van der Waals surface area contributed by atoms with Crippen LogP contribution in [0.2, 0.25) is 0 Å². The van der Waals surface area contributed by atoms with Gasteiger partial charge in [-0.05, 0) is 30.7 Å². The van der Waals surface area contributed by atoms with Crippen LogP contribution >= 0.6 is 0 Å². The lowest BCUT2D eigenvalue weighted by Gasteiger charge is -2.31. The number of para-hydroxylation sites is 1. The largest absolute Gasteiger partial charge is 0.396 e. The van der Waals surface area contributed by atoms with E-state index in [1.54, 1.807) is 0 Å². The summed E-state index contributed by atoms with van der Waals surface area (Å²) in [5.74, 6) is -0.0152. The monoisotopic (exact) mass is 303 g/mol. The minimum atomic E-state index is -0.0152. The summed E-state index contributed by atoms with van der Waals surface area (Å²) < 4.78 is 0. The van der Waals surface area contributed by atoms with Crippen LogP contribution in [0.15, 0.2) is 24.3 Å². The third kappa shape index (κ3) is 3.65. The second kappa shape index (κ2) is 7.40. The van der Waals surface area contributed by atoms with Crippen molar-refractivity contribution in [1.29, 1.82) is 0 Å². The van der Waals surface area contributed by atoms with Crippen LogP contribution in [0.1, 0.15) is 38.8 Å². The van der Waals surface area contributed by atoms with E-state index in [0.717, 1.165) is 29.4 Å². The van der Waals surface area contributed by atoms with Crippen molar-refractivity contribution in [2.75, 3.05) is 13.2 Å². The highest BCUT2D eigenvalue weighted by Gasteiger charge is 2.26. The first kappa shape index (κ1) is 16.5. The molecule has 0 aliphatic heterocycles. The molecule has 120 valence electrons. The lowest BCUT2D eigenvalue weighted by atomic mass is 9.79. The van der Waals surface area contributed by atoms with E-state index in [0.29, 0.717) is 19.4 Å². The molecule has 0 aliphatic rings. The summed E-state index contributed by atoms with van der Waals surface area (Å²) in [6.07, 6.45) is 2.89. The minimum Gasteiger partial charge on any atom is -0.396 e. The zero-order valence-corrected chi connectivity index (χ0v) is 13.4. The maximum absolute atomic E-state index is 12.2. The van der Waals surface area contributed by atoms with Crippen molar-refractivity contribution >= 4 is 16.8 Å². The summed E-state index contributed by atoms with van der Waals surface area (Å²) >= 11 is 0. The van der Waals surface area contributed by atoms with Crippen LogP contribution in [0.5, 0.6) is 0 Å². The molecule has 0 bridgehead atoms. The second-order valence-corrected chi connectivity index (χ2v) is 5.85. The summed E-state index contributed by atoms with van der Waals surface area (Å²) in [6, 6.07) is 7.77. The Hall–Kier alpha value is -1.88. The van der Waals surface area contributed by atoms with Crippen molar-refractivity contribution < 1.29 is 9.90 Å². The van der Waals surface area contributed by atoms with E-state index in [1.807, 2.05) is 24.3 Å². The van der Waals surface area contributed by atoms with Crippen molar-refractivity contribution in [2.45, 2.75) is 39.5 Å². The van der Waals surface area contributed by atoms with Gasteiger partial charge >= 0.3 is 0 Å². The molecule has 0 saturated heterocycles. The van der Waals surface area contributed by atoms with Gasteiger partial charge in [-0.1, -0.05) is 32.0 Å². The van der Waals surface area contributed by atoms with E-state index in [2.05, 4.69) is 29.4 Å². The molecule has 0 spiro atoms. The molecule has 0 aliphatic carbocycles. The third-order valence-electron chi connectivity index (χ3n) is 4.68. The van der Waals surface area contributed by atoms with Gasteiger partial charge in [0.25, 0.3) is 0 Å². The molecular weight excluding hydrogens is 278 g/mol. The lowest BCUT2D eigenvalue weighted by molar-refractivity contribution is -0.121. The van der Waals surface area contributed by atoms with Crippen molar-refractivity contribution in [1.82, 2.24) is 15.5 Å². The van der Waals surface area contributed by atoms with E-state index < -0.39 is 0 Å². The van der Waals surface area contributed by atoms with E-state index in [1.165, 1.54) is 0 Å². The fraction of sp³-hybridized carbons (Fsp3) is 0.529. The molecule has 0 unspecified atom stereocenters. The van der Waals surface area contributed by atoms with E-state index in [4.69, 9.17) is 0 Å². The van der Waals surface area contributed by atoms with Gasteiger partial charge < -0.3 is 10.4 Å². The first-order chi connectivity index (χ1) is 10.6. The number of aromatic amines is 1. The number of nitrogens with one attached hydrogen (secondary N) is 2. The molecule has 1 heterocycles. The van der Waals surface area contributed by atoms with Gasteiger partial charge in [-0.3, -0.25) is 9.89 Å². The van der Waals surface area contributed by atoms with Crippen LogP contribution in [0.3, 0.4) is 0 Å². The van der Waals surface area contributed by atoms with Crippen LogP contribution in [0.25, 0.3) is 10.9 Å². The Bertz CT molecular complexity index is 617. The minimum absolute atomic E-state index is 0.0134. The normalized spacial score (nSPS) is 11.8. The van der Waals surface area contributed by atoms with Crippen LogP contribution in [0, 0.1) is 5.41 Å². The summed E-state index contributed by atoms with van der Waals surface area (Å²) in [6.45, 7) is 4.97. The molecular formula is C17H25N3O2. The van der Waals surface area contributed by atoms with Crippen LogP contribution in [-0.2, 0) is 11.2 Å². The number of rotatable bonds is 8. The third-order valence-corrected chi connectivity index (χ3v) is 4.68. The maximum atomic E-state index is 12.2. The van der Waals surface area contributed by atoms with Crippen LogP contribution in [0.4, 0.5) is 0 Å². The Balaban J connectivity index is 1.98. The van der Waals surface area contributed by atoms with E-state index >= 15 is 0 Å². The number of H-pyrrole nitrogens is 1. The highest BCUT2D eigenvalue weighted by molar-refractivity contribution is 5.87. The quantitative estimate of drug-likeness (QED) is 0.701.